The van der Waals surface area contributed by atoms with E-state index in [-0.39, 0.29) is 9.79 Å². The van der Waals surface area contributed by atoms with Crippen molar-refractivity contribution in [2.75, 3.05) is 18.0 Å². The van der Waals surface area contributed by atoms with Crippen LogP contribution in [0.2, 0.25) is 0 Å². The molecule has 0 fully saturated rings. The van der Waals surface area contributed by atoms with Crippen LogP contribution in [-0.2, 0) is 31.1 Å². The molecule has 2 aliphatic rings. The first kappa shape index (κ1) is 31.9. The molecule has 0 radical (unpaired) electrons. The summed E-state index contributed by atoms with van der Waals surface area (Å²) in [5.74, 6) is 0. The number of hydrogen-bond acceptors (Lipinski definition) is 7. The molecule has 2 heterocycles. The lowest BCUT2D eigenvalue weighted by molar-refractivity contribution is -0.438. The van der Waals surface area contributed by atoms with Gasteiger partial charge in [-0.2, -0.15) is 4.58 Å². The van der Waals surface area contributed by atoms with E-state index >= 15 is 0 Å². The highest BCUT2D eigenvalue weighted by Gasteiger charge is 2.44. The average Bonchev–Trinajstić information content (AvgIpc) is 3.25. The van der Waals surface area contributed by atoms with Gasteiger partial charge in [-0.1, -0.05) is 45.4 Å². The van der Waals surface area contributed by atoms with Gasteiger partial charge < -0.3 is 14.0 Å². The van der Waals surface area contributed by atoms with Gasteiger partial charge in [-0.05, 0) is 69.2 Å². The second kappa shape index (κ2) is 11.6. The van der Waals surface area contributed by atoms with Gasteiger partial charge in [-0.15, -0.1) is 0 Å². The van der Waals surface area contributed by atoms with E-state index < -0.39 is 31.1 Å². The number of rotatable bonds is 10. The number of unbranched alkanes of at least 4 members (excludes halogenated alkanes) is 2. The summed E-state index contributed by atoms with van der Waals surface area (Å²) in [6.07, 6.45) is 13.0. The molecule has 0 amide bonds. The minimum Gasteiger partial charge on any atom is -0.744 e. The van der Waals surface area contributed by atoms with Crippen LogP contribution >= 0.6 is 0 Å². The van der Waals surface area contributed by atoms with Crippen LogP contribution in [0.3, 0.4) is 0 Å². The van der Waals surface area contributed by atoms with Crippen LogP contribution in [0.1, 0.15) is 71.9 Å². The monoisotopic (exact) mass is 611 g/mol. The van der Waals surface area contributed by atoms with Gasteiger partial charge in [0.2, 0.25) is 5.69 Å². The molecule has 0 unspecified atom stereocenters. The van der Waals surface area contributed by atoms with Crippen LogP contribution in [-0.4, -0.2) is 49.3 Å². The minimum atomic E-state index is -4.57. The normalized spacial score (nSPS) is 19.0. The first-order valence-electron chi connectivity index (χ1n) is 14.2. The number of likely N-dealkylation sites (N-methyl/N-ethyl adjacent to an activating group) is 1. The molecule has 0 aliphatic carbocycles. The smallest absolute Gasteiger partial charge is 0.209 e. The lowest BCUT2D eigenvalue weighted by Crippen LogP contribution is -2.28. The number of nitrogens with zero attached hydrogens (tertiary/aromatic N) is 2. The van der Waals surface area contributed by atoms with Gasteiger partial charge in [-0.3, -0.25) is 0 Å². The van der Waals surface area contributed by atoms with Gasteiger partial charge in [0.05, 0.1) is 15.2 Å². The van der Waals surface area contributed by atoms with Crippen LogP contribution in [0.5, 0.6) is 0 Å². The summed E-state index contributed by atoms with van der Waals surface area (Å²) >= 11 is 0. The fourth-order valence-corrected chi connectivity index (χ4v) is 7.07. The van der Waals surface area contributed by atoms with Gasteiger partial charge in [-0.25, -0.2) is 16.8 Å². The second-order valence-corrected chi connectivity index (χ2v) is 14.6. The van der Waals surface area contributed by atoms with Crippen molar-refractivity contribution in [2.45, 2.75) is 81.4 Å². The number of allylic oxidation sites excluding steroid dienone is 6. The van der Waals surface area contributed by atoms with E-state index in [1.165, 1.54) is 24.3 Å². The Bertz CT molecular complexity index is 1730. The first-order valence-corrected chi connectivity index (χ1v) is 17.1. The molecular formula is C32H39N2O6S2-. The number of anilines is 1. The summed E-state index contributed by atoms with van der Waals surface area (Å²) in [5, 5.41) is 0. The number of benzene rings is 2. The topological polar surface area (TPSA) is 121 Å². The molecule has 0 bridgehead atoms. The van der Waals surface area contributed by atoms with E-state index in [1.54, 1.807) is 12.1 Å². The fourth-order valence-electron chi connectivity index (χ4n) is 6.08. The molecule has 2 aromatic rings. The molecule has 4 rings (SSSR count). The minimum absolute atomic E-state index is 0.222. The summed E-state index contributed by atoms with van der Waals surface area (Å²) < 4.78 is 72.4. The lowest BCUT2D eigenvalue weighted by atomic mass is 9.81. The van der Waals surface area contributed by atoms with Crippen LogP contribution in [0, 0.1) is 0 Å². The van der Waals surface area contributed by atoms with Gasteiger partial charge >= 0.3 is 0 Å². The summed E-state index contributed by atoms with van der Waals surface area (Å²) in [6.45, 7) is 13.7. The predicted molar refractivity (Wildman–Crippen MR) is 164 cm³/mol. The van der Waals surface area contributed by atoms with Crippen LogP contribution in [0.4, 0.5) is 11.4 Å². The highest BCUT2D eigenvalue weighted by molar-refractivity contribution is 7.86. The predicted octanol–water partition coefficient (Wildman–Crippen LogP) is 5.88. The standard InChI is InChI=1S/C32H40N2O6S2/c1-7-9-13-20-34-28-19-17-24(42(38,39)40)22-26(28)32(5,6)30(34)15-12-10-11-14-29-31(3,4)25-21-23(41(35,36)37)16-18-27(25)33(29)8-2/h10-12,14-19,21-22H,7-9,13,20H2,1-6H3,(H-,35,36,37,38,39,40)/p-1. The van der Waals surface area contributed by atoms with Gasteiger partial charge in [0.1, 0.15) is 26.8 Å². The maximum absolute atomic E-state index is 11.7. The van der Waals surface area contributed by atoms with E-state index in [4.69, 9.17) is 0 Å². The SMILES string of the molecule is CCCCC[N+]1=C(/C=C/C=C/C=C2/N(CC)c3ccc(S(=O)(=O)[O-])cc3C2(C)C)C(C)(C)c2cc(S(=O)(=O)[O-])ccc21. The van der Waals surface area contributed by atoms with Gasteiger partial charge in [0.15, 0.2) is 5.71 Å². The van der Waals surface area contributed by atoms with Gasteiger partial charge in [0.25, 0.3) is 0 Å². The van der Waals surface area contributed by atoms with E-state index in [0.29, 0.717) is 6.54 Å². The quantitative estimate of drug-likeness (QED) is 0.142. The third kappa shape index (κ3) is 5.90. The largest absolute Gasteiger partial charge is 0.744 e. The Balaban J connectivity index is 1.67. The molecule has 0 saturated carbocycles. The first-order chi connectivity index (χ1) is 19.5. The molecule has 2 aromatic carbocycles. The molecule has 0 spiro atoms. The van der Waals surface area contributed by atoms with Crippen LogP contribution < -0.4 is 4.90 Å². The van der Waals surface area contributed by atoms with Crippen molar-refractivity contribution in [3.8, 4) is 0 Å². The molecule has 226 valence electrons. The number of hydrogen-bond donors (Lipinski definition) is 0. The molecular weight excluding hydrogens is 572 g/mol. The van der Waals surface area contributed by atoms with Crippen LogP contribution in [0.15, 0.2) is 82.3 Å². The van der Waals surface area contributed by atoms with Crippen molar-refractivity contribution in [1.82, 2.24) is 0 Å². The zero-order valence-corrected chi connectivity index (χ0v) is 26.7. The summed E-state index contributed by atoms with van der Waals surface area (Å²) in [7, 11) is -9.13. The van der Waals surface area contributed by atoms with E-state index in [1.807, 2.05) is 65.0 Å². The van der Waals surface area contributed by atoms with Crippen molar-refractivity contribution in [3.63, 3.8) is 0 Å². The Morgan fingerprint density at radius 1 is 0.810 bits per heavy atom. The second-order valence-electron chi connectivity index (χ2n) is 11.8. The Morgan fingerprint density at radius 2 is 1.43 bits per heavy atom. The van der Waals surface area contributed by atoms with Crippen LogP contribution in [0.25, 0.3) is 0 Å². The molecule has 10 heteroatoms. The summed E-state index contributed by atoms with van der Waals surface area (Å²) in [4.78, 5) is 1.67. The lowest BCUT2D eigenvalue weighted by Gasteiger charge is -2.25. The Labute approximate surface area is 250 Å². The molecule has 0 aromatic heterocycles. The molecule has 42 heavy (non-hydrogen) atoms. The highest BCUT2D eigenvalue weighted by Crippen LogP contribution is 2.48. The summed E-state index contributed by atoms with van der Waals surface area (Å²) in [5.41, 5.74) is 4.37. The Hall–Kier alpha value is -3.05. The molecule has 0 N–H and O–H groups in total. The Kier molecular flexibility index (Phi) is 8.77. The van der Waals surface area contributed by atoms with Crippen molar-refractivity contribution in [2.24, 2.45) is 0 Å². The fraction of sp³-hybridized carbons (Fsp3) is 0.406. The molecule has 8 nitrogen and oxygen atoms in total. The highest BCUT2D eigenvalue weighted by atomic mass is 32.2. The van der Waals surface area contributed by atoms with Crippen molar-refractivity contribution < 1.29 is 30.5 Å². The van der Waals surface area contributed by atoms with E-state index in [9.17, 15) is 25.9 Å². The van der Waals surface area contributed by atoms with Crippen molar-refractivity contribution >= 4 is 37.3 Å². The van der Waals surface area contributed by atoms with E-state index in [2.05, 4.69) is 16.4 Å². The number of fused-ring (bicyclic) bond motifs is 2. The van der Waals surface area contributed by atoms with Crippen molar-refractivity contribution in [3.05, 3.63) is 83.6 Å². The third-order valence-corrected chi connectivity index (χ3v) is 10.00. The van der Waals surface area contributed by atoms with Gasteiger partial charge in [0, 0.05) is 47.5 Å². The molecule has 0 atom stereocenters. The third-order valence-electron chi connectivity index (χ3n) is 8.34. The molecule has 2 aliphatic heterocycles. The van der Waals surface area contributed by atoms with Crippen molar-refractivity contribution in [1.29, 1.82) is 0 Å². The zero-order chi connectivity index (χ0) is 31.1. The average molecular weight is 612 g/mol. The maximum Gasteiger partial charge on any atom is 0.209 e. The maximum atomic E-state index is 11.7. The Morgan fingerprint density at radius 3 is 2.02 bits per heavy atom. The molecule has 0 saturated heterocycles. The zero-order valence-electron chi connectivity index (χ0n) is 25.0. The summed E-state index contributed by atoms with van der Waals surface area (Å²) in [6, 6.07) is 9.17. The van der Waals surface area contributed by atoms with E-state index in [0.717, 1.165) is 59.7 Å².